The van der Waals surface area contributed by atoms with Gasteiger partial charge in [-0.15, -0.1) is 22.9 Å². The molecule has 104 valence electrons. The molecule has 0 aliphatic rings. The fourth-order valence-electron chi connectivity index (χ4n) is 2.33. The van der Waals surface area contributed by atoms with Crippen LogP contribution in [0.25, 0.3) is 11.0 Å². The molecule has 0 radical (unpaired) electrons. The first kappa shape index (κ1) is 13.6. The summed E-state index contributed by atoms with van der Waals surface area (Å²) in [5.41, 5.74) is 3.35. The average molecular weight is 306 g/mol. The van der Waals surface area contributed by atoms with Crippen LogP contribution in [-0.2, 0) is 18.8 Å². The predicted octanol–water partition coefficient (Wildman–Crippen LogP) is 4.15. The standard InChI is InChI=1S/C15H16ClN3S/c1-3-11-8-17-14(20-11)9-19-12-6-4-5-10(2)15(12)18-13(19)7-16/h4-6,8H,3,7,9H2,1-2H3. The predicted molar refractivity (Wildman–Crippen MR) is 84.6 cm³/mol. The lowest BCUT2D eigenvalue weighted by Crippen LogP contribution is -2.03. The van der Waals surface area contributed by atoms with E-state index in [0.717, 1.165) is 34.8 Å². The summed E-state index contributed by atoms with van der Waals surface area (Å²) in [7, 11) is 0. The highest BCUT2D eigenvalue weighted by atomic mass is 35.5. The molecule has 0 saturated heterocycles. The number of nitrogens with zero attached hydrogens (tertiary/aromatic N) is 3. The van der Waals surface area contributed by atoms with Crippen LogP contribution in [0.1, 0.15) is 28.2 Å². The SMILES string of the molecule is CCc1cnc(Cn2c(CCl)nc3c(C)cccc32)s1. The van der Waals surface area contributed by atoms with Gasteiger partial charge in [0, 0.05) is 11.1 Å². The van der Waals surface area contributed by atoms with Crippen LogP contribution in [0.15, 0.2) is 24.4 Å². The summed E-state index contributed by atoms with van der Waals surface area (Å²) in [5, 5.41) is 1.11. The van der Waals surface area contributed by atoms with Gasteiger partial charge in [0.15, 0.2) is 0 Å². The highest BCUT2D eigenvalue weighted by Crippen LogP contribution is 2.23. The summed E-state index contributed by atoms with van der Waals surface area (Å²) < 4.78 is 2.17. The third-order valence-corrected chi connectivity index (χ3v) is 4.79. The zero-order valence-electron chi connectivity index (χ0n) is 11.6. The lowest BCUT2D eigenvalue weighted by molar-refractivity contribution is 0.773. The van der Waals surface area contributed by atoms with Crippen LogP contribution in [0.3, 0.4) is 0 Å². The van der Waals surface area contributed by atoms with Gasteiger partial charge in [0.05, 0.1) is 23.5 Å². The van der Waals surface area contributed by atoms with Gasteiger partial charge < -0.3 is 4.57 Å². The van der Waals surface area contributed by atoms with E-state index in [2.05, 4.69) is 46.6 Å². The summed E-state index contributed by atoms with van der Waals surface area (Å²) in [6.45, 7) is 4.97. The van der Waals surface area contributed by atoms with Crippen LogP contribution >= 0.6 is 22.9 Å². The molecule has 0 aliphatic heterocycles. The van der Waals surface area contributed by atoms with Crippen molar-refractivity contribution in [3.63, 3.8) is 0 Å². The summed E-state index contributed by atoms with van der Waals surface area (Å²) in [5.74, 6) is 1.32. The average Bonchev–Trinajstić information content (AvgIpc) is 3.05. The normalized spacial score (nSPS) is 11.3. The lowest BCUT2D eigenvalue weighted by Gasteiger charge is -2.05. The molecule has 0 spiro atoms. The largest absolute Gasteiger partial charge is 0.320 e. The number of thiazole rings is 1. The topological polar surface area (TPSA) is 30.7 Å². The van der Waals surface area contributed by atoms with Crippen molar-refractivity contribution in [2.75, 3.05) is 0 Å². The quantitative estimate of drug-likeness (QED) is 0.678. The van der Waals surface area contributed by atoms with Crippen LogP contribution < -0.4 is 0 Å². The Morgan fingerprint density at radius 1 is 1.35 bits per heavy atom. The smallest absolute Gasteiger partial charge is 0.125 e. The third-order valence-electron chi connectivity index (χ3n) is 3.42. The molecule has 2 aromatic heterocycles. The van der Waals surface area contributed by atoms with Crippen molar-refractivity contribution in [1.82, 2.24) is 14.5 Å². The highest BCUT2D eigenvalue weighted by molar-refractivity contribution is 7.11. The second-order valence-corrected chi connectivity index (χ2v) is 6.23. The van der Waals surface area contributed by atoms with E-state index in [4.69, 9.17) is 11.6 Å². The van der Waals surface area contributed by atoms with Gasteiger partial charge >= 0.3 is 0 Å². The van der Waals surface area contributed by atoms with Crippen molar-refractivity contribution in [3.05, 3.63) is 45.7 Å². The Hall–Kier alpha value is -1.39. The zero-order chi connectivity index (χ0) is 14.1. The van der Waals surface area contributed by atoms with E-state index in [9.17, 15) is 0 Å². The summed E-state index contributed by atoms with van der Waals surface area (Å²) >= 11 is 7.81. The molecular formula is C15H16ClN3S. The monoisotopic (exact) mass is 305 g/mol. The van der Waals surface area contributed by atoms with Crippen LogP contribution in [0.5, 0.6) is 0 Å². The Balaban J connectivity index is 2.07. The maximum atomic E-state index is 6.05. The van der Waals surface area contributed by atoms with Crippen LogP contribution in [-0.4, -0.2) is 14.5 Å². The van der Waals surface area contributed by atoms with E-state index < -0.39 is 0 Å². The fourth-order valence-corrected chi connectivity index (χ4v) is 3.39. The van der Waals surface area contributed by atoms with Gasteiger partial charge in [0.25, 0.3) is 0 Å². The van der Waals surface area contributed by atoms with Crippen LogP contribution in [0, 0.1) is 6.92 Å². The second kappa shape index (κ2) is 5.54. The lowest BCUT2D eigenvalue weighted by atomic mass is 10.2. The molecular weight excluding hydrogens is 290 g/mol. The third kappa shape index (κ3) is 2.34. The van der Waals surface area contributed by atoms with Crippen molar-refractivity contribution in [3.8, 4) is 0 Å². The molecule has 20 heavy (non-hydrogen) atoms. The van der Waals surface area contributed by atoms with E-state index in [-0.39, 0.29) is 0 Å². The van der Waals surface area contributed by atoms with Crippen LogP contribution in [0.2, 0.25) is 0 Å². The van der Waals surface area contributed by atoms with Crippen molar-refractivity contribution in [2.45, 2.75) is 32.7 Å². The molecule has 0 atom stereocenters. The van der Waals surface area contributed by atoms with Crippen molar-refractivity contribution < 1.29 is 0 Å². The number of benzene rings is 1. The van der Waals surface area contributed by atoms with Gasteiger partial charge in [-0.05, 0) is 25.0 Å². The second-order valence-electron chi connectivity index (χ2n) is 4.76. The first-order chi connectivity index (χ1) is 9.72. The number of imidazole rings is 1. The molecule has 0 aliphatic carbocycles. The minimum absolute atomic E-state index is 0.417. The maximum Gasteiger partial charge on any atom is 0.125 e. The maximum absolute atomic E-state index is 6.05. The molecule has 1 aromatic carbocycles. The Bertz CT molecular complexity index is 745. The van der Waals surface area contributed by atoms with E-state index in [1.165, 1.54) is 10.4 Å². The summed E-state index contributed by atoms with van der Waals surface area (Å²) in [6.07, 6.45) is 2.99. The number of aromatic nitrogens is 3. The molecule has 3 rings (SSSR count). The number of fused-ring (bicyclic) bond motifs is 1. The Kier molecular flexibility index (Phi) is 3.76. The number of halogens is 1. The Morgan fingerprint density at radius 2 is 2.20 bits per heavy atom. The van der Waals surface area contributed by atoms with Gasteiger partial charge in [0.2, 0.25) is 0 Å². The number of hydrogen-bond acceptors (Lipinski definition) is 3. The molecule has 5 heteroatoms. The van der Waals surface area contributed by atoms with Gasteiger partial charge in [-0.2, -0.15) is 0 Å². The van der Waals surface area contributed by atoms with Gasteiger partial charge in [-0.25, -0.2) is 9.97 Å². The zero-order valence-corrected chi connectivity index (χ0v) is 13.1. The van der Waals surface area contributed by atoms with E-state index >= 15 is 0 Å². The molecule has 3 nitrogen and oxygen atoms in total. The summed E-state index contributed by atoms with van der Waals surface area (Å²) in [4.78, 5) is 10.5. The van der Waals surface area contributed by atoms with Crippen molar-refractivity contribution >= 4 is 34.0 Å². The first-order valence-electron chi connectivity index (χ1n) is 6.67. The van der Waals surface area contributed by atoms with Crippen molar-refractivity contribution in [1.29, 1.82) is 0 Å². The number of aryl methyl sites for hydroxylation is 2. The first-order valence-corrected chi connectivity index (χ1v) is 8.02. The van der Waals surface area contributed by atoms with Gasteiger partial charge in [-0.1, -0.05) is 19.1 Å². The molecule has 0 fully saturated rings. The molecule has 0 N–H and O–H groups in total. The molecule has 0 amide bonds. The molecule has 0 bridgehead atoms. The molecule has 0 unspecified atom stereocenters. The number of para-hydroxylation sites is 1. The van der Waals surface area contributed by atoms with E-state index in [1.54, 1.807) is 11.3 Å². The number of rotatable bonds is 4. The van der Waals surface area contributed by atoms with Crippen molar-refractivity contribution in [2.24, 2.45) is 0 Å². The van der Waals surface area contributed by atoms with Crippen LogP contribution in [0.4, 0.5) is 0 Å². The number of alkyl halides is 1. The Morgan fingerprint density at radius 3 is 2.90 bits per heavy atom. The molecule has 2 heterocycles. The molecule has 0 saturated carbocycles. The van der Waals surface area contributed by atoms with Gasteiger partial charge in [-0.3, -0.25) is 0 Å². The van der Waals surface area contributed by atoms with Gasteiger partial charge in [0.1, 0.15) is 10.8 Å². The number of hydrogen-bond donors (Lipinski definition) is 0. The Labute approximate surface area is 127 Å². The fraction of sp³-hybridized carbons (Fsp3) is 0.333. The summed E-state index contributed by atoms with van der Waals surface area (Å²) in [6, 6.07) is 6.24. The van der Waals surface area contributed by atoms with E-state index in [0.29, 0.717) is 5.88 Å². The van der Waals surface area contributed by atoms with E-state index in [1.807, 2.05) is 6.20 Å². The highest BCUT2D eigenvalue weighted by Gasteiger charge is 2.13. The minimum Gasteiger partial charge on any atom is -0.320 e. The molecule has 3 aromatic rings. The minimum atomic E-state index is 0.417.